The molecule has 0 amide bonds. The van der Waals surface area contributed by atoms with Gasteiger partial charge in [-0.05, 0) is 58.2 Å². The zero-order chi connectivity index (χ0) is 15.6. The summed E-state index contributed by atoms with van der Waals surface area (Å²) in [4.78, 5) is 0. The van der Waals surface area contributed by atoms with E-state index in [2.05, 4.69) is 15.9 Å². The minimum atomic E-state index is -1.50. The van der Waals surface area contributed by atoms with Gasteiger partial charge in [0.2, 0.25) is 0 Å². The molecule has 21 heavy (non-hydrogen) atoms. The van der Waals surface area contributed by atoms with Crippen molar-refractivity contribution in [3.8, 4) is 5.75 Å². The predicted molar refractivity (Wildman–Crippen MR) is 77.7 cm³/mol. The van der Waals surface area contributed by atoms with Crippen molar-refractivity contribution < 1.29 is 17.9 Å². The Morgan fingerprint density at radius 1 is 1.10 bits per heavy atom. The largest absolute Gasteiger partial charge is 0.493 e. The quantitative estimate of drug-likeness (QED) is 0.825. The molecular formula is C15H13BrF3NO. The van der Waals surface area contributed by atoms with Crippen molar-refractivity contribution in [2.45, 2.75) is 13.0 Å². The Morgan fingerprint density at radius 3 is 2.24 bits per heavy atom. The first kappa shape index (κ1) is 15.9. The molecule has 2 rings (SSSR count). The maximum atomic E-state index is 13.3. The van der Waals surface area contributed by atoms with Crippen molar-refractivity contribution in [1.82, 2.24) is 0 Å². The lowest BCUT2D eigenvalue weighted by molar-refractivity contribution is 0.338. The summed E-state index contributed by atoms with van der Waals surface area (Å²) in [7, 11) is 0. The first-order valence-corrected chi connectivity index (χ1v) is 7.05. The van der Waals surface area contributed by atoms with Crippen LogP contribution in [0.4, 0.5) is 13.2 Å². The van der Waals surface area contributed by atoms with Crippen LogP contribution in [0, 0.1) is 17.5 Å². The van der Waals surface area contributed by atoms with Gasteiger partial charge in [-0.3, -0.25) is 0 Å². The Balaban J connectivity index is 2.36. The molecule has 2 nitrogen and oxygen atoms in total. The minimum absolute atomic E-state index is 0.155. The summed E-state index contributed by atoms with van der Waals surface area (Å²) in [6.45, 7) is 2.37. The fourth-order valence-electron chi connectivity index (χ4n) is 1.93. The maximum Gasteiger partial charge on any atom is 0.194 e. The van der Waals surface area contributed by atoms with Gasteiger partial charge in [0.25, 0.3) is 0 Å². The molecule has 112 valence electrons. The van der Waals surface area contributed by atoms with Gasteiger partial charge in [-0.2, -0.15) is 0 Å². The predicted octanol–water partition coefficient (Wildman–Crippen LogP) is 4.31. The Bertz CT molecular complexity index is 640. The smallest absolute Gasteiger partial charge is 0.194 e. The number of benzene rings is 2. The number of hydrogen-bond acceptors (Lipinski definition) is 2. The molecule has 0 aliphatic rings. The number of halogens is 4. The number of nitrogens with two attached hydrogens (primary N) is 1. The third-order valence-electron chi connectivity index (χ3n) is 2.98. The van der Waals surface area contributed by atoms with E-state index in [0.29, 0.717) is 22.4 Å². The second kappa shape index (κ2) is 6.49. The van der Waals surface area contributed by atoms with Crippen molar-refractivity contribution in [3.05, 3.63) is 63.4 Å². The molecule has 0 bridgehead atoms. The standard InChI is InChI=1S/C15H13BrF3NO/c1-2-21-13-4-3-8(5-10(13)16)15(20)9-6-11(17)14(19)12(18)7-9/h3-7,15H,2,20H2,1H3. The summed E-state index contributed by atoms with van der Waals surface area (Å²) < 4.78 is 45.5. The van der Waals surface area contributed by atoms with E-state index < -0.39 is 23.5 Å². The summed E-state index contributed by atoms with van der Waals surface area (Å²) in [5.41, 5.74) is 6.76. The maximum absolute atomic E-state index is 13.3. The third-order valence-corrected chi connectivity index (χ3v) is 3.60. The average Bonchev–Trinajstić information content (AvgIpc) is 2.45. The Morgan fingerprint density at radius 2 is 1.71 bits per heavy atom. The van der Waals surface area contributed by atoms with Gasteiger partial charge in [0.1, 0.15) is 5.75 Å². The molecule has 0 aliphatic heterocycles. The first-order valence-electron chi connectivity index (χ1n) is 6.26. The van der Waals surface area contributed by atoms with Crippen LogP contribution in [0.15, 0.2) is 34.8 Å². The SMILES string of the molecule is CCOc1ccc(C(N)c2cc(F)c(F)c(F)c2)cc1Br. The van der Waals surface area contributed by atoms with Gasteiger partial charge >= 0.3 is 0 Å². The topological polar surface area (TPSA) is 35.2 Å². The normalized spacial score (nSPS) is 12.3. The van der Waals surface area contributed by atoms with E-state index in [4.69, 9.17) is 10.5 Å². The summed E-state index contributed by atoms with van der Waals surface area (Å²) in [5.74, 6) is -3.38. The summed E-state index contributed by atoms with van der Waals surface area (Å²) in [6, 6.07) is 6.12. The van der Waals surface area contributed by atoms with Gasteiger partial charge in [-0.15, -0.1) is 0 Å². The molecule has 0 aromatic heterocycles. The lowest BCUT2D eigenvalue weighted by atomic mass is 9.99. The molecule has 1 atom stereocenters. The molecule has 0 radical (unpaired) electrons. The highest BCUT2D eigenvalue weighted by atomic mass is 79.9. The fourth-order valence-corrected chi connectivity index (χ4v) is 2.44. The van der Waals surface area contributed by atoms with Crippen LogP contribution < -0.4 is 10.5 Å². The van der Waals surface area contributed by atoms with Gasteiger partial charge in [0.15, 0.2) is 17.5 Å². The first-order chi connectivity index (χ1) is 9.93. The average molecular weight is 360 g/mol. The van der Waals surface area contributed by atoms with E-state index in [-0.39, 0.29) is 5.56 Å². The third kappa shape index (κ3) is 3.39. The summed E-state index contributed by atoms with van der Waals surface area (Å²) in [5, 5.41) is 0. The Kier molecular flexibility index (Phi) is 4.90. The number of hydrogen-bond donors (Lipinski definition) is 1. The van der Waals surface area contributed by atoms with E-state index in [1.54, 1.807) is 18.2 Å². The molecule has 2 aromatic carbocycles. The van der Waals surface area contributed by atoms with Crippen LogP contribution in [0.1, 0.15) is 24.1 Å². The van der Waals surface area contributed by atoms with Crippen LogP contribution in [0.5, 0.6) is 5.75 Å². The van der Waals surface area contributed by atoms with E-state index in [9.17, 15) is 13.2 Å². The monoisotopic (exact) mass is 359 g/mol. The molecule has 6 heteroatoms. The Hall–Kier alpha value is -1.53. The van der Waals surface area contributed by atoms with E-state index in [1.807, 2.05) is 6.92 Å². The summed E-state index contributed by atoms with van der Waals surface area (Å²) in [6.07, 6.45) is 0. The highest BCUT2D eigenvalue weighted by Crippen LogP contribution is 2.30. The molecule has 0 aliphatic carbocycles. The Labute approximate surface area is 128 Å². The van der Waals surface area contributed by atoms with Crippen LogP contribution in [0.3, 0.4) is 0 Å². The lowest BCUT2D eigenvalue weighted by Crippen LogP contribution is -2.13. The molecule has 0 fully saturated rings. The zero-order valence-electron chi connectivity index (χ0n) is 11.2. The van der Waals surface area contributed by atoms with E-state index in [0.717, 1.165) is 12.1 Å². The van der Waals surface area contributed by atoms with Crippen molar-refractivity contribution in [1.29, 1.82) is 0 Å². The second-order valence-corrected chi connectivity index (χ2v) is 5.25. The van der Waals surface area contributed by atoms with Crippen molar-refractivity contribution in [2.75, 3.05) is 6.61 Å². The molecule has 0 saturated carbocycles. The van der Waals surface area contributed by atoms with Crippen LogP contribution in [0.2, 0.25) is 0 Å². The highest BCUT2D eigenvalue weighted by Gasteiger charge is 2.17. The lowest BCUT2D eigenvalue weighted by Gasteiger charge is -2.15. The van der Waals surface area contributed by atoms with Crippen molar-refractivity contribution >= 4 is 15.9 Å². The van der Waals surface area contributed by atoms with Crippen LogP contribution in [0.25, 0.3) is 0 Å². The molecule has 2 N–H and O–H groups in total. The minimum Gasteiger partial charge on any atom is -0.493 e. The van der Waals surface area contributed by atoms with Gasteiger partial charge in [0, 0.05) is 0 Å². The highest BCUT2D eigenvalue weighted by molar-refractivity contribution is 9.10. The van der Waals surface area contributed by atoms with Crippen molar-refractivity contribution in [3.63, 3.8) is 0 Å². The molecule has 0 saturated heterocycles. The van der Waals surface area contributed by atoms with Crippen molar-refractivity contribution in [2.24, 2.45) is 5.73 Å². The zero-order valence-corrected chi connectivity index (χ0v) is 12.8. The van der Waals surface area contributed by atoms with E-state index >= 15 is 0 Å². The van der Waals surface area contributed by atoms with Gasteiger partial charge in [0.05, 0.1) is 17.1 Å². The molecule has 1 unspecified atom stereocenters. The van der Waals surface area contributed by atoms with Gasteiger partial charge in [-0.1, -0.05) is 6.07 Å². The molecular weight excluding hydrogens is 347 g/mol. The second-order valence-electron chi connectivity index (χ2n) is 4.40. The van der Waals surface area contributed by atoms with Crippen LogP contribution in [-0.2, 0) is 0 Å². The molecule has 0 heterocycles. The van der Waals surface area contributed by atoms with Gasteiger partial charge in [-0.25, -0.2) is 13.2 Å². The fraction of sp³-hybridized carbons (Fsp3) is 0.200. The summed E-state index contributed by atoms with van der Waals surface area (Å²) >= 11 is 3.34. The van der Waals surface area contributed by atoms with Crippen LogP contribution >= 0.6 is 15.9 Å². The van der Waals surface area contributed by atoms with Gasteiger partial charge < -0.3 is 10.5 Å². The number of rotatable bonds is 4. The van der Waals surface area contributed by atoms with Crippen LogP contribution in [-0.4, -0.2) is 6.61 Å². The molecule has 2 aromatic rings. The van der Waals surface area contributed by atoms with E-state index in [1.165, 1.54) is 0 Å². The number of ether oxygens (including phenoxy) is 1. The molecule has 0 spiro atoms.